The zero-order valence-corrected chi connectivity index (χ0v) is 81.5. The minimum atomic E-state index is -0.953. The molecule has 11 aliphatic rings. The van der Waals surface area contributed by atoms with Crippen molar-refractivity contribution < 1.29 is 135 Å². The Labute approximate surface area is 841 Å². The normalized spacial score (nSPS) is 18.4. The molecule has 10 aliphatic heterocycles. The van der Waals surface area contributed by atoms with Crippen LogP contribution in [0.25, 0.3) is 27.8 Å². The molecule has 0 bridgehead atoms. The number of hydrogen-bond acceptors (Lipinski definition) is 26. The van der Waals surface area contributed by atoms with Gasteiger partial charge in [0.05, 0.1) is 66.0 Å². The standard InChI is InChI=1S/C19H20FNO3.C18H14ClFN3.C12H8I.C9H5N3O2.C9H17NO2.C6H8N2O2.C6H11NO3.C6H11NO2.2C6H9NO2.C4H7NO2.CH4.ClH/c20-15-3-1-13(2-4-15)17-7-8-21-10-14(17)11-22-16-5-6-18-19(9-16)24-12-23-18;1-11-21-9-13-10-22-18(14-4-2-3-5-16(14)20)15-8-12(19)6-7-17(15)23(11)13;1-3-7-11-9(5-1)10-6-2-4-8-12(10)13-11;13-9-12-7-4-2-1-3-6(7)10-5-8(12)11-14-9;10-7-9(6-8(11)12)4-2-1-3-5-9;9-6-4-1-2-7-3-5(4)10-8-6;8-5-1-2-7-3-4(5)6(9)10;2*8-6(9)5-1-3-7-4-2-5;8-6(9)5-2-1-3-7-4-5;5-3-1-2-4(6)7;;/h1-6,9,14,17,21H,7-8,10-12H2;2-8H,9-10H2,1H3;1-8H;1-5H;1-7,10H2,(H,11,12);7H,1-3H2,(H,8,9);4-5,7-8H,1-3H2,(H,9,10);5,7H,1-4H2,(H,8,9);1,7H,2-4H2,(H,8,9);2,7H,1,3-4H2,(H,8,9);1-2H,3,5H2,(H,6,7);1H4;1H/q;2*+1;;;;;;;;;;/p-1/b;;;;;;;;;;2-1+;;/t14-,17-;;;;;;4-,5+;;;;;;/m0.....1....../s1. The molecule has 4 fully saturated rings. The van der Waals surface area contributed by atoms with Crippen molar-refractivity contribution in [2.75, 3.05) is 112 Å². The number of aliphatic imine (C=N–C) groups is 2. The van der Waals surface area contributed by atoms with Crippen LogP contribution < -0.4 is 103 Å². The molecule has 18 N–H and O–H groups in total. The van der Waals surface area contributed by atoms with Gasteiger partial charge in [0.15, 0.2) is 29.5 Å². The average molecular weight is 2110 g/mol. The van der Waals surface area contributed by atoms with E-state index in [1.54, 1.807) is 37.5 Å². The van der Waals surface area contributed by atoms with Crippen LogP contribution in [0.4, 0.5) is 14.5 Å². The number of benzene rings is 7. The summed E-state index contributed by atoms with van der Waals surface area (Å²) in [6, 6.07) is 49.7. The van der Waals surface area contributed by atoms with Crippen molar-refractivity contribution in [1.82, 2.24) is 51.6 Å². The van der Waals surface area contributed by atoms with E-state index in [4.69, 9.17) is 77.5 Å². The van der Waals surface area contributed by atoms with Gasteiger partial charge in [0, 0.05) is 96.1 Å². The van der Waals surface area contributed by atoms with E-state index in [2.05, 4.69) is 115 Å². The number of aliphatic carboxylic acids is 6. The van der Waals surface area contributed by atoms with Crippen LogP contribution in [0, 0.1) is 41.9 Å². The first-order valence-electron chi connectivity index (χ1n) is 46.2. The summed E-state index contributed by atoms with van der Waals surface area (Å²) < 4.78 is 60.2. The van der Waals surface area contributed by atoms with Crippen molar-refractivity contribution in [3.63, 3.8) is 0 Å². The van der Waals surface area contributed by atoms with E-state index in [1.807, 2.05) is 79.7 Å². The fourth-order valence-corrected chi connectivity index (χ4v) is 19.9. The number of aromatic nitrogens is 4. The summed E-state index contributed by atoms with van der Waals surface area (Å²) in [6.07, 6.45) is 17.9. The lowest BCUT2D eigenvalue weighted by Gasteiger charge is -2.34. The molecule has 10 aromatic rings. The second-order valence-corrected chi connectivity index (χ2v) is 37.1. The van der Waals surface area contributed by atoms with Crippen molar-refractivity contribution in [3.05, 3.63) is 272 Å². The van der Waals surface area contributed by atoms with Gasteiger partial charge in [-0.25, -0.2) is 32.4 Å². The maximum Gasteiger partial charge on any atom is 0.446 e. The molecule has 35 nitrogen and oxygen atoms in total. The van der Waals surface area contributed by atoms with Crippen LogP contribution in [-0.2, 0) is 41.7 Å². The molecule has 40 heteroatoms. The number of nitrogens with one attached hydrogen (secondary N) is 7. The Bertz CT molecular complexity index is 6120. The fourth-order valence-electron chi connectivity index (χ4n) is 16.8. The monoisotopic (exact) mass is 2110 g/mol. The third kappa shape index (κ3) is 33.5. The van der Waals surface area contributed by atoms with Gasteiger partial charge in [0.25, 0.3) is 11.4 Å². The fraction of sp³-hybridized carbons (Fsp3) is 0.382. The zero-order chi connectivity index (χ0) is 99.9. The molecule has 760 valence electrons. The van der Waals surface area contributed by atoms with Gasteiger partial charge in [-0.3, -0.25) is 33.7 Å². The topological polar surface area (TPSA) is 530 Å². The van der Waals surface area contributed by atoms with E-state index in [-0.39, 0.29) is 89.3 Å². The molecule has 1 aliphatic carbocycles. The number of rotatable bonds is 14. The number of carboxylic acid groups (broad SMARTS) is 6. The molecule has 3 aromatic heterocycles. The van der Waals surface area contributed by atoms with Crippen molar-refractivity contribution in [2.45, 2.75) is 116 Å². The SMILES string of the molecule is C.CC1=NCC2=[N+]1c1ccc(Cl)cc1C(c1ccccc1F)=NC2.Fc1ccc([C@@H]2CCNC[C@H]2COc2ccc3c(c2)OCO3)cc1.NC/C=C/C(=O)O.NCC1(CC(=O)O)CCCCC1.O=C(O)C1=CCCNC1.O=C(O)C1=CCNCC1.O=C(O)C1CCNCC1.O=C(O)[C@@H]1CNCC[C@@H]1O.O=c1[nH]oc2c1CCNC2.O=c1onc2cnc3ccccc3n12.[Cl-].c1ccc2c(c1)[I+]c1ccccc1-2. The number of nitrogens with two attached hydrogens (primary N) is 2. The maximum absolute atomic E-state index is 14.3. The van der Waals surface area contributed by atoms with Crippen LogP contribution in [-0.4, -0.2) is 231 Å². The van der Waals surface area contributed by atoms with Crippen molar-refractivity contribution in [3.8, 4) is 28.4 Å². The first-order valence-corrected chi connectivity index (χ1v) is 48.8. The molecule has 0 amide bonds. The Morgan fingerprint density at radius 3 is 1.93 bits per heavy atom. The molecule has 0 spiro atoms. The van der Waals surface area contributed by atoms with Crippen LogP contribution in [0.5, 0.6) is 17.2 Å². The number of amidine groups is 1. The minimum absolute atomic E-state index is 0. The van der Waals surface area contributed by atoms with Crippen molar-refractivity contribution in [2.24, 2.45) is 44.6 Å². The smallest absolute Gasteiger partial charge is 0.446 e. The van der Waals surface area contributed by atoms with Gasteiger partial charge in [-0.15, -0.1) is 0 Å². The molecule has 0 unspecified atom stereocenters. The molecule has 21 rings (SSSR count). The zero-order valence-electron chi connectivity index (χ0n) is 77.9. The first kappa shape index (κ1) is 113. The van der Waals surface area contributed by atoms with E-state index < -0.39 is 53.6 Å². The lowest BCUT2D eigenvalue weighted by atomic mass is 9.72. The Balaban J connectivity index is 0.000000178. The Kier molecular flexibility index (Phi) is 46.3. The second-order valence-electron chi connectivity index (χ2n) is 33.8. The van der Waals surface area contributed by atoms with Gasteiger partial charge in [-0.1, -0.05) is 127 Å². The van der Waals surface area contributed by atoms with E-state index in [0.29, 0.717) is 122 Å². The third-order valence-electron chi connectivity index (χ3n) is 24.2. The summed E-state index contributed by atoms with van der Waals surface area (Å²) in [5.74, 6) is -1.81. The predicted octanol–water partition coefficient (Wildman–Crippen LogP) is 5.11. The van der Waals surface area contributed by atoms with Gasteiger partial charge in [-0.2, -0.15) is 9.73 Å². The lowest BCUT2D eigenvalue weighted by molar-refractivity contribution is -0.589. The molecule has 142 heavy (non-hydrogen) atoms. The van der Waals surface area contributed by atoms with E-state index in [0.717, 1.165) is 167 Å². The number of aliphatic hydroxyl groups excluding tert-OH is 1. The van der Waals surface area contributed by atoms with Crippen molar-refractivity contribution in [1.29, 1.82) is 0 Å². The highest BCUT2D eigenvalue weighted by atomic mass is 127. The highest BCUT2D eigenvalue weighted by Crippen LogP contribution is 2.40. The van der Waals surface area contributed by atoms with Gasteiger partial charge in [0.2, 0.25) is 19.6 Å². The number of carbonyl (C=O) groups is 6. The largest absolute Gasteiger partial charge is 1.00 e. The molecule has 3 saturated heterocycles. The molecule has 1 saturated carbocycles. The summed E-state index contributed by atoms with van der Waals surface area (Å²) in [6.45, 7) is 13.9. The Hall–Kier alpha value is -12.6. The highest BCUT2D eigenvalue weighted by molar-refractivity contribution is 6.31. The Morgan fingerprint density at radius 1 is 0.669 bits per heavy atom. The maximum atomic E-state index is 14.3. The number of ether oxygens (including phenoxy) is 3. The number of halogens is 5. The molecule has 4 atom stereocenters. The number of aliphatic hydroxyl groups is 1. The van der Waals surface area contributed by atoms with Gasteiger partial charge < -0.3 is 110 Å². The number of fused-ring (bicyclic) bond motifs is 10. The van der Waals surface area contributed by atoms with Crippen LogP contribution in [0.2, 0.25) is 5.02 Å². The third-order valence-corrected chi connectivity index (χ3v) is 27.5. The number of piperidine rings is 3. The highest BCUT2D eigenvalue weighted by Gasteiger charge is 2.37. The molecule has 7 aromatic carbocycles. The Morgan fingerprint density at radius 2 is 1.32 bits per heavy atom. The van der Waals surface area contributed by atoms with Gasteiger partial charge >= 0.3 is 62.8 Å². The first-order chi connectivity index (χ1) is 67.7. The summed E-state index contributed by atoms with van der Waals surface area (Å²) in [5, 5.41) is 84.6. The minimum Gasteiger partial charge on any atom is -1.00 e. The van der Waals surface area contributed by atoms with E-state index in [9.17, 15) is 47.1 Å². The summed E-state index contributed by atoms with van der Waals surface area (Å²) in [5.41, 5.74) is 22.2. The van der Waals surface area contributed by atoms with Crippen LogP contribution in [0.15, 0.2) is 228 Å². The lowest BCUT2D eigenvalue weighted by Crippen LogP contribution is -3.61. The second kappa shape index (κ2) is 58.1. The van der Waals surface area contributed by atoms with Gasteiger partial charge in [-0.05, 0) is 218 Å². The summed E-state index contributed by atoms with van der Waals surface area (Å²) in [4.78, 5) is 96.9. The number of aromatic amines is 1. The number of para-hydroxylation sites is 2. The van der Waals surface area contributed by atoms with Crippen LogP contribution in [0.3, 0.4) is 0 Å². The van der Waals surface area contributed by atoms with Crippen molar-refractivity contribution >= 4 is 87.0 Å². The predicted molar refractivity (Wildman–Crippen MR) is 526 cm³/mol. The molecular formula is C102H123Cl2F2IN15O20+. The molecule has 13 heterocycles. The number of H-pyrrole nitrogens is 1. The number of nitrogens with zero attached hydrogens (tertiary/aromatic N) is 6. The molecular weight excluding hydrogens is 1990 g/mol. The summed E-state index contributed by atoms with van der Waals surface area (Å²) in [7, 11) is 0. The van der Waals surface area contributed by atoms with Gasteiger partial charge in [0.1, 0.15) is 29.6 Å². The quantitative estimate of drug-likeness (QED) is 0.0382. The van der Waals surface area contributed by atoms with E-state index in [1.165, 1.54) is 58.0 Å². The van der Waals surface area contributed by atoms with E-state index >= 15 is 0 Å². The number of carboxylic acids is 6. The number of hydrogen-bond donors (Lipinski definition) is 16. The summed E-state index contributed by atoms with van der Waals surface area (Å²) >= 11 is 6.30. The average Bonchev–Trinajstić information content (AvgIpc) is 1.62. The van der Waals surface area contributed by atoms with Crippen LogP contribution >= 0.6 is 11.6 Å². The van der Waals surface area contributed by atoms with Crippen LogP contribution in [0.1, 0.15) is 125 Å². The molecule has 0 radical (unpaired) electrons.